The van der Waals surface area contributed by atoms with E-state index in [1.54, 1.807) is 49.3 Å². The van der Waals surface area contributed by atoms with Gasteiger partial charge in [-0.3, -0.25) is 4.79 Å². The molecule has 174 valence electrons. The Kier molecular flexibility index (Phi) is 7.00. The molecular weight excluding hydrogens is 484 g/mol. The van der Waals surface area contributed by atoms with Crippen molar-refractivity contribution >= 4 is 42.5 Å². The summed E-state index contributed by atoms with van der Waals surface area (Å²) in [5.41, 5.74) is 1.29. The standard InChI is InChI=1S/C20H22Cl2NO8P/c1-23(2)14-7-5-11(9-16(14)30-31-32(25,26)27)17-18(20(17,21)22)19(24)13-10-12(28-3)6-8-15(13)29-4/h5-10,17-18H,1-4H3,(H2,25,26,27). The molecule has 0 heterocycles. The summed E-state index contributed by atoms with van der Waals surface area (Å²) in [6.07, 6.45) is 0. The summed E-state index contributed by atoms with van der Waals surface area (Å²) in [6, 6.07) is 9.66. The molecule has 2 N–H and O–H groups in total. The van der Waals surface area contributed by atoms with E-state index in [0.29, 0.717) is 22.7 Å². The second kappa shape index (κ2) is 9.09. The van der Waals surface area contributed by atoms with Crippen molar-refractivity contribution < 1.29 is 38.2 Å². The van der Waals surface area contributed by atoms with E-state index in [4.69, 9.17) is 47.3 Å². The molecule has 1 aliphatic carbocycles. The molecular formula is C20H22Cl2NO8P. The van der Waals surface area contributed by atoms with Crippen LogP contribution in [0.25, 0.3) is 0 Å². The number of methoxy groups -OCH3 is 2. The third-order valence-corrected chi connectivity index (χ3v) is 6.27. The molecule has 0 aliphatic heterocycles. The maximum absolute atomic E-state index is 13.3. The van der Waals surface area contributed by atoms with Crippen molar-refractivity contribution in [3.05, 3.63) is 47.5 Å². The van der Waals surface area contributed by atoms with E-state index in [2.05, 4.69) is 4.67 Å². The number of nitrogens with zero attached hydrogens (tertiary/aromatic N) is 1. The van der Waals surface area contributed by atoms with Crippen LogP contribution in [0.4, 0.5) is 5.69 Å². The summed E-state index contributed by atoms with van der Waals surface area (Å²) < 4.78 is 24.3. The zero-order chi connectivity index (χ0) is 23.8. The molecule has 0 bridgehead atoms. The van der Waals surface area contributed by atoms with E-state index in [0.717, 1.165) is 0 Å². The predicted octanol–water partition coefficient (Wildman–Crippen LogP) is 3.94. The molecule has 9 nitrogen and oxygen atoms in total. The lowest BCUT2D eigenvalue weighted by atomic mass is 10.0. The molecule has 0 saturated heterocycles. The Morgan fingerprint density at radius 2 is 1.75 bits per heavy atom. The number of ether oxygens (including phenoxy) is 2. The van der Waals surface area contributed by atoms with Gasteiger partial charge in [0.1, 0.15) is 15.8 Å². The van der Waals surface area contributed by atoms with Crippen molar-refractivity contribution in [2.45, 2.75) is 10.3 Å². The second-order valence-corrected chi connectivity index (χ2v) is 9.90. The summed E-state index contributed by atoms with van der Waals surface area (Å²) >= 11 is 13.0. The van der Waals surface area contributed by atoms with Crippen LogP contribution in [0.15, 0.2) is 36.4 Å². The molecule has 0 amide bonds. The van der Waals surface area contributed by atoms with Crippen LogP contribution >= 0.6 is 31.0 Å². The summed E-state index contributed by atoms with van der Waals surface area (Å²) in [5.74, 6) is -0.886. The number of benzene rings is 2. The van der Waals surface area contributed by atoms with Crippen molar-refractivity contribution in [2.75, 3.05) is 33.2 Å². The summed E-state index contributed by atoms with van der Waals surface area (Å²) in [7, 11) is 1.47. The zero-order valence-electron chi connectivity index (χ0n) is 17.6. The third-order valence-electron chi connectivity index (χ3n) is 5.06. The highest BCUT2D eigenvalue weighted by molar-refractivity contribution is 7.46. The normalized spacial score (nSPS) is 19.2. The zero-order valence-corrected chi connectivity index (χ0v) is 20.0. The molecule has 1 aliphatic rings. The Bertz CT molecular complexity index is 1070. The SMILES string of the molecule is COc1ccc(OC)c(C(=O)C2C(c3ccc(N(C)C)c(OOP(=O)(O)O)c3)C2(Cl)Cl)c1. The van der Waals surface area contributed by atoms with E-state index in [1.165, 1.54) is 20.3 Å². The van der Waals surface area contributed by atoms with Crippen molar-refractivity contribution in [1.82, 2.24) is 0 Å². The molecule has 0 radical (unpaired) electrons. The van der Waals surface area contributed by atoms with Crippen molar-refractivity contribution in [1.29, 1.82) is 0 Å². The topological polar surface area (TPSA) is 115 Å². The molecule has 2 atom stereocenters. The van der Waals surface area contributed by atoms with Crippen molar-refractivity contribution in [3.63, 3.8) is 0 Å². The Labute approximate surface area is 194 Å². The maximum Gasteiger partial charge on any atom is 0.505 e. The lowest BCUT2D eigenvalue weighted by Crippen LogP contribution is -2.11. The smallest absolute Gasteiger partial charge is 0.497 e. The van der Waals surface area contributed by atoms with E-state index < -0.39 is 24.0 Å². The number of Topliss-reactive ketones (excluding diaryl/α,β-unsaturated/α-hetero) is 1. The monoisotopic (exact) mass is 505 g/mol. The fourth-order valence-electron chi connectivity index (χ4n) is 3.49. The first kappa shape index (κ1) is 24.6. The number of ketones is 1. The molecule has 1 fully saturated rings. The van der Waals surface area contributed by atoms with Crippen LogP contribution in [0.1, 0.15) is 21.8 Å². The minimum Gasteiger partial charge on any atom is -0.497 e. The number of hydrogen-bond acceptors (Lipinski definition) is 7. The van der Waals surface area contributed by atoms with Crippen LogP contribution in [0.2, 0.25) is 0 Å². The minimum absolute atomic E-state index is 0.0250. The number of halogens is 2. The fraction of sp³-hybridized carbons (Fsp3) is 0.350. The van der Waals surface area contributed by atoms with Gasteiger partial charge in [-0.05, 0) is 35.9 Å². The van der Waals surface area contributed by atoms with Crippen LogP contribution in [-0.4, -0.2) is 48.2 Å². The van der Waals surface area contributed by atoms with E-state index in [1.807, 2.05) is 0 Å². The highest BCUT2D eigenvalue weighted by Gasteiger charge is 2.67. The number of alkyl halides is 2. The van der Waals surface area contributed by atoms with Gasteiger partial charge in [-0.25, -0.2) is 4.57 Å². The van der Waals surface area contributed by atoms with Gasteiger partial charge in [-0.1, -0.05) is 10.7 Å². The van der Waals surface area contributed by atoms with E-state index >= 15 is 0 Å². The average molecular weight is 506 g/mol. The lowest BCUT2D eigenvalue weighted by Gasteiger charge is -2.18. The molecule has 2 aromatic carbocycles. The molecule has 3 rings (SSSR count). The molecule has 2 aromatic rings. The van der Waals surface area contributed by atoms with Gasteiger partial charge in [0.25, 0.3) is 0 Å². The number of carbonyl (C=O) groups excluding carboxylic acids is 1. The fourth-order valence-corrected chi connectivity index (χ4v) is 4.50. The molecule has 2 unspecified atom stereocenters. The predicted molar refractivity (Wildman–Crippen MR) is 119 cm³/mol. The van der Waals surface area contributed by atoms with Gasteiger partial charge in [0.2, 0.25) is 0 Å². The number of hydrogen-bond donors (Lipinski definition) is 2. The lowest BCUT2D eigenvalue weighted by molar-refractivity contribution is -0.122. The van der Waals surface area contributed by atoms with Gasteiger partial charge < -0.3 is 29.0 Å². The first-order chi connectivity index (χ1) is 14.9. The Morgan fingerprint density at radius 1 is 1.06 bits per heavy atom. The Morgan fingerprint density at radius 3 is 2.31 bits per heavy atom. The van der Waals surface area contributed by atoms with Crippen molar-refractivity contribution in [2.24, 2.45) is 5.92 Å². The first-order valence-electron chi connectivity index (χ1n) is 9.27. The van der Waals surface area contributed by atoms with Gasteiger partial charge in [-0.15, -0.1) is 23.2 Å². The van der Waals surface area contributed by atoms with E-state index in [-0.39, 0.29) is 17.1 Å². The van der Waals surface area contributed by atoms with Crippen LogP contribution in [-0.2, 0) is 9.24 Å². The van der Waals surface area contributed by atoms with Crippen LogP contribution in [0.3, 0.4) is 0 Å². The Hall–Kier alpha value is -2.00. The van der Waals surface area contributed by atoms with E-state index in [9.17, 15) is 9.36 Å². The number of phosphoric acid groups is 1. The first-order valence-corrected chi connectivity index (χ1v) is 11.6. The summed E-state index contributed by atoms with van der Waals surface area (Å²) in [5, 5.41) is 0. The molecule has 0 aromatic heterocycles. The largest absolute Gasteiger partial charge is 0.505 e. The van der Waals surface area contributed by atoms with Crippen molar-refractivity contribution in [3.8, 4) is 17.2 Å². The summed E-state index contributed by atoms with van der Waals surface area (Å²) in [6.45, 7) is 0. The average Bonchev–Trinajstić information content (AvgIpc) is 3.32. The van der Waals surface area contributed by atoms with Gasteiger partial charge in [-0.2, -0.15) is 0 Å². The molecule has 32 heavy (non-hydrogen) atoms. The second-order valence-electron chi connectivity index (χ2n) is 7.33. The number of carbonyl (C=O) groups is 1. The maximum atomic E-state index is 13.3. The Balaban J connectivity index is 1.95. The molecule has 0 spiro atoms. The van der Waals surface area contributed by atoms with Gasteiger partial charge in [0, 0.05) is 20.0 Å². The summed E-state index contributed by atoms with van der Waals surface area (Å²) in [4.78, 5) is 37.8. The number of rotatable bonds is 9. The van der Waals surface area contributed by atoms with Gasteiger partial charge in [0.05, 0.1) is 31.4 Å². The highest BCUT2D eigenvalue weighted by atomic mass is 35.5. The van der Waals surface area contributed by atoms with Crippen LogP contribution < -0.4 is 19.3 Å². The minimum atomic E-state index is -4.89. The van der Waals surface area contributed by atoms with Crippen LogP contribution in [0, 0.1) is 5.92 Å². The quantitative estimate of drug-likeness (QED) is 0.172. The molecule has 1 saturated carbocycles. The highest BCUT2D eigenvalue weighted by Crippen LogP contribution is 2.66. The van der Waals surface area contributed by atoms with Crippen LogP contribution in [0.5, 0.6) is 17.2 Å². The van der Waals surface area contributed by atoms with Gasteiger partial charge in [0.15, 0.2) is 11.5 Å². The molecule has 12 heteroatoms. The van der Waals surface area contributed by atoms with Gasteiger partial charge >= 0.3 is 7.82 Å². The number of anilines is 1. The third kappa shape index (κ3) is 4.98.